The lowest BCUT2D eigenvalue weighted by atomic mass is 10.0. The van der Waals surface area contributed by atoms with Gasteiger partial charge in [0.05, 0.1) is 7.11 Å². The summed E-state index contributed by atoms with van der Waals surface area (Å²) in [5.74, 6) is 0.773. The maximum Gasteiger partial charge on any atom is 0.317 e. The van der Waals surface area contributed by atoms with Gasteiger partial charge in [0, 0.05) is 44.3 Å². The van der Waals surface area contributed by atoms with Gasteiger partial charge in [-0.05, 0) is 43.7 Å². The third kappa shape index (κ3) is 4.63. The van der Waals surface area contributed by atoms with E-state index in [0.29, 0.717) is 13.0 Å². The summed E-state index contributed by atoms with van der Waals surface area (Å²) in [7, 11) is 1.62. The van der Waals surface area contributed by atoms with E-state index in [1.165, 1.54) is 0 Å². The molecule has 2 heterocycles. The van der Waals surface area contributed by atoms with E-state index < -0.39 is 0 Å². The first kappa shape index (κ1) is 17.5. The Kier molecular flexibility index (Phi) is 5.75. The lowest BCUT2D eigenvalue weighted by Crippen LogP contribution is -2.49. The van der Waals surface area contributed by atoms with Gasteiger partial charge in [-0.15, -0.1) is 0 Å². The number of anilines is 1. The van der Waals surface area contributed by atoms with Crippen molar-refractivity contribution in [2.24, 2.45) is 0 Å². The van der Waals surface area contributed by atoms with Crippen LogP contribution in [0.15, 0.2) is 24.3 Å². The van der Waals surface area contributed by atoms with Crippen LogP contribution in [0.1, 0.15) is 19.3 Å². The van der Waals surface area contributed by atoms with Crippen molar-refractivity contribution in [3.63, 3.8) is 0 Å². The molecular weight excluding hydrogens is 320 g/mol. The smallest absolute Gasteiger partial charge is 0.317 e. The number of nitrogens with one attached hydrogen (secondary N) is 2. The van der Waals surface area contributed by atoms with Crippen molar-refractivity contribution in [1.29, 1.82) is 0 Å². The molecule has 1 aromatic carbocycles. The third-order valence-corrected chi connectivity index (χ3v) is 4.84. The van der Waals surface area contributed by atoms with Crippen LogP contribution in [-0.2, 0) is 4.79 Å². The Morgan fingerprint density at radius 3 is 2.80 bits per heavy atom. The summed E-state index contributed by atoms with van der Waals surface area (Å²) < 4.78 is 5.11. The zero-order valence-electron chi connectivity index (χ0n) is 14.7. The molecule has 2 fully saturated rings. The first-order chi connectivity index (χ1) is 12.2. The SMILES string of the molecule is COc1ccc(NC(=O)CCN2CCCC(N3CCNC3=O)C2)cc1. The molecule has 0 bridgehead atoms. The van der Waals surface area contributed by atoms with Crippen LogP contribution in [-0.4, -0.2) is 67.6 Å². The fourth-order valence-electron chi connectivity index (χ4n) is 3.48. The number of likely N-dealkylation sites (tertiary alicyclic amines) is 1. The highest BCUT2D eigenvalue weighted by molar-refractivity contribution is 5.90. The van der Waals surface area contributed by atoms with E-state index in [9.17, 15) is 9.59 Å². The molecule has 3 amide bonds. The number of urea groups is 1. The van der Waals surface area contributed by atoms with Gasteiger partial charge in [-0.1, -0.05) is 0 Å². The molecule has 0 spiro atoms. The summed E-state index contributed by atoms with van der Waals surface area (Å²) in [6.45, 7) is 4.08. The standard InChI is InChI=1S/C18H26N4O3/c1-25-16-6-4-14(5-7-16)20-17(23)8-11-21-10-2-3-15(13-21)22-12-9-19-18(22)24/h4-7,15H,2-3,8-13H2,1H3,(H,19,24)(H,20,23). The lowest BCUT2D eigenvalue weighted by molar-refractivity contribution is -0.116. The van der Waals surface area contributed by atoms with E-state index >= 15 is 0 Å². The summed E-state index contributed by atoms with van der Waals surface area (Å²) >= 11 is 0. The topological polar surface area (TPSA) is 73.9 Å². The zero-order chi connectivity index (χ0) is 17.6. The van der Waals surface area contributed by atoms with Crippen LogP contribution in [0.5, 0.6) is 5.75 Å². The van der Waals surface area contributed by atoms with Crippen LogP contribution in [0.2, 0.25) is 0 Å². The number of carbonyl (C=O) groups is 2. The zero-order valence-corrected chi connectivity index (χ0v) is 14.7. The van der Waals surface area contributed by atoms with Crippen molar-refractivity contribution in [1.82, 2.24) is 15.1 Å². The number of rotatable bonds is 6. The number of hydrogen-bond acceptors (Lipinski definition) is 4. The molecule has 0 saturated carbocycles. The first-order valence-corrected chi connectivity index (χ1v) is 8.86. The Balaban J connectivity index is 1.44. The number of methoxy groups -OCH3 is 1. The van der Waals surface area contributed by atoms with Gasteiger partial charge in [0.2, 0.25) is 5.91 Å². The van der Waals surface area contributed by atoms with Crippen LogP contribution in [0.4, 0.5) is 10.5 Å². The monoisotopic (exact) mass is 346 g/mol. The minimum Gasteiger partial charge on any atom is -0.497 e. The van der Waals surface area contributed by atoms with Crippen molar-refractivity contribution < 1.29 is 14.3 Å². The number of nitrogens with zero attached hydrogens (tertiary/aromatic N) is 2. The second kappa shape index (κ2) is 8.20. The maximum atomic E-state index is 12.2. The van der Waals surface area contributed by atoms with E-state index in [1.807, 2.05) is 29.2 Å². The summed E-state index contributed by atoms with van der Waals surface area (Å²) in [6, 6.07) is 7.63. The van der Waals surface area contributed by atoms with Crippen molar-refractivity contribution in [2.75, 3.05) is 45.2 Å². The van der Waals surface area contributed by atoms with Crippen molar-refractivity contribution in [2.45, 2.75) is 25.3 Å². The van der Waals surface area contributed by atoms with Gasteiger partial charge < -0.3 is 25.2 Å². The molecule has 2 aliphatic rings. The Morgan fingerprint density at radius 2 is 2.12 bits per heavy atom. The summed E-state index contributed by atoms with van der Waals surface area (Å²) in [6.07, 6.45) is 2.56. The van der Waals surface area contributed by atoms with Crippen molar-refractivity contribution in [3.05, 3.63) is 24.3 Å². The fraction of sp³-hybridized carbons (Fsp3) is 0.556. The number of benzene rings is 1. The lowest BCUT2D eigenvalue weighted by Gasteiger charge is -2.36. The predicted octanol–water partition coefficient (Wildman–Crippen LogP) is 1.51. The van der Waals surface area contributed by atoms with Gasteiger partial charge in [-0.2, -0.15) is 0 Å². The van der Waals surface area contributed by atoms with Gasteiger partial charge in [0.15, 0.2) is 0 Å². The number of carbonyl (C=O) groups excluding carboxylic acids is 2. The summed E-state index contributed by atoms with van der Waals surface area (Å²) in [5.41, 5.74) is 0.774. The Hall–Kier alpha value is -2.28. The van der Waals surface area contributed by atoms with E-state index in [4.69, 9.17) is 4.74 Å². The molecule has 136 valence electrons. The van der Waals surface area contributed by atoms with Gasteiger partial charge in [0.25, 0.3) is 0 Å². The molecule has 2 aliphatic heterocycles. The predicted molar refractivity (Wildman–Crippen MR) is 95.8 cm³/mol. The molecule has 0 aromatic heterocycles. The number of piperidine rings is 1. The average Bonchev–Trinajstić information content (AvgIpc) is 3.07. The highest BCUT2D eigenvalue weighted by atomic mass is 16.5. The quantitative estimate of drug-likeness (QED) is 0.819. The van der Waals surface area contributed by atoms with Crippen LogP contribution >= 0.6 is 0 Å². The van der Waals surface area contributed by atoms with Crippen LogP contribution in [0.25, 0.3) is 0 Å². The van der Waals surface area contributed by atoms with Crippen LogP contribution < -0.4 is 15.4 Å². The summed E-state index contributed by atoms with van der Waals surface area (Å²) in [4.78, 5) is 28.2. The maximum absolute atomic E-state index is 12.2. The normalized spacial score (nSPS) is 21.1. The minimum absolute atomic E-state index is 0.00575. The second-order valence-corrected chi connectivity index (χ2v) is 6.55. The largest absolute Gasteiger partial charge is 0.497 e. The molecular formula is C18H26N4O3. The van der Waals surface area contributed by atoms with Gasteiger partial charge in [0.1, 0.15) is 5.75 Å². The Bertz CT molecular complexity index is 605. The minimum atomic E-state index is 0.00575. The van der Waals surface area contributed by atoms with Crippen molar-refractivity contribution in [3.8, 4) is 5.75 Å². The highest BCUT2D eigenvalue weighted by Crippen LogP contribution is 2.18. The van der Waals surface area contributed by atoms with Gasteiger partial charge >= 0.3 is 6.03 Å². The average molecular weight is 346 g/mol. The molecule has 3 rings (SSSR count). The van der Waals surface area contributed by atoms with E-state index in [2.05, 4.69) is 15.5 Å². The fourth-order valence-corrected chi connectivity index (χ4v) is 3.48. The molecule has 1 aromatic rings. The molecule has 1 unspecified atom stereocenters. The Morgan fingerprint density at radius 1 is 1.32 bits per heavy atom. The van der Waals surface area contributed by atoms with E-state index in [1.54, 1.807) is 7.11 Å². The van der Waals surface area contributed by atoms with Gasteiger partial charge in [-0.25, -0.2) is 4.79 Å². The van der Waals surface area contributed by atoms with Crippen molar-refractivity contribution >= 4 is 17.6 Å². The second-order valence-electron chi connectivity index (χ2n) is 6.55. The molecule has 2 saturated heterocycles. The van der Waals surface area contributed by atoms with Crippen LogP contribution in [0, 0.1) is 0 Å². The molecule has 7 nitrogen and oxygen atoms in total. The molecule has 1 atom stereocenters. The Labute approximate surface area is 148 Å². The van der Waals surface area contributed by atoms with E-state index in [0.717, 1.165) is 50.5 Å². The first-order valence-electron chi connectivity index (χ1n) is 8.86. The molecule has 0 radical (unpaired) electrons. The molecule has 2 N–H and O–H groups in total. The number of amides is 3. The molecule has 25 heavy (non-hydrogen) atoms. The van der Waals surface area contributed by atoms with Gasteiger partial charge in [-0.3, -0.25) is 4.79 Å². The van der Waals surface area contributed by atoms with E-state index in [-0.39, 0.29) is 18.0 Å². The molecule has 0 aliphatic carbocycles. The molecule has 7 heteroatoms. The number of hydrogen-bond donors (Lipinski definition) is 2. The highest BCUT2D eigenvalue weighted by Gasteiger charge is 2.31. The number of ether oxygens (including phenoxy) is 1. The third-order valence-electron chi connectivity index (χ3n) is 4.84. The summed E-state index contributed by atoms with van der Waals surface area (Å²) in [5, 5.41) is 5.77. The van der Waals surface area contributed by atoms with Crippen LogP contribution in [0.3, 0.4) is 0 Å².